The molecule has 1 aliphatic heterocycles. The number of fused-ring (bicyclic) bond motifs is 1. The first kappa shape index (κ1) is 19.5. The Kier molecular flexibility index (Phi) is 5.60. The van der Waals surface area contributed by atoms with Crippen LogP contribution >= 0.6 is 11.6 Å². The number of H-pyrrole nitrogens is 2. The summed E-state index contributed by atoms with van der Waals surface area (Å²) in [6.07, 6.45) is 2.00. The van der Waals surface area contributed by atoms with Crippen LogP contribution in [0.25, 0.3) is 10.9 Å². The van der Waals surface area contributed by atoms with E-state index in [4.69, 9.17) is 17.3 Å². The summed E-state index contributed by atoms with van der Waals surface area (Å²) in [6.45, 7) is 3.39. The SMILES string of the molecule is Nc1[nH]c(=O)c(C(=O)NCC2CCN(Cc3cc4ccccc4[nH]3)CC2)cc1Cl. The third-order valence-corrected chi connectivity index (χ3v) is 5.82. The number of nitrogens with zero attached hydrogens (tertiary/aromatic N) is 1. The molecule has 29 heavy (non-hydrogen) atoms. The van der Waals surface area contributed by atoms with E-state index >= 15 is 0 Å². The molecule has 8 heteroatoms. The Balaban J connectivity index is 1.27. The Morgan fingerprint density at radius 3 is 2.72 bits per heavy atom. The van der Waals surface area contributed by atoms with Gasteiger partial charge in [0.05, 0.1) is 5.02 Å². The summed E-state index contributed by atoms with van der Waals surface area (Å²) in [4.78, 5) is 32.5. The highest BCUT2D eigenvalue weighted by atomic mass is 35.5. The predicted molar refractivity (Wildman–Crippen MR) is 115 cm³/mol. The van der Waals surface area contributed by atoms with Crippen LogP contribution < -0.4 is 16.6 Å². The van der Waals surface area contributed by atoms with Crippen molar-refractivity contribution in [2.45, 2.75) is 19.4 Å². The molecule has 0 bridgehead atoms. The van der Waals surface area contributed by atoms with E-state index in [9.17, 15) is 9.59 Å². The summed E-state index contributed by atoms with van der Waals surface area (Å²) >= 11 is 5.90. The molecule has 0 atom stereocenters. The van der Waals surface area contributed by atoms with E-state index in [1.54, 1.807) is 0 Å². The largest absolute Gasteiger partial charge is 0.384 e. The first-order chi connectivity index (χ1) is 14.0. The Hall–Kier alpha value is -2.77. The fourth-order valence-corrected chi connectivity index (χ4v) is 3.98. The summed E-state index contributed by atoms with van der Waals surface area (Å²) in [5, 5.41) is 4.26. The number of piperidine rings is 1. The zero-order valence-electron chi connectivity index (χ0n) is 16.0. The number of likely N-dealkylation sites (tertiary alicyclic amines) is 1. The van der Waals surface area contributed by atoms with E-state index in [-0.39, 0.29) is 16.4 Å². The Bertz CT molecular complexity index is 1050. The van der Waals surface area contributed by atoms with Crippen LogP contribution in [0.15, 0.2) is 41.2 Å². The van der Waals surface area contributed by atoms with Gasteiger partial charge in [-0.1, -0.05) is 29.8 Å². The van der Waals surface area contributed by atoms with E-state index in [1.807, 2.05) is 12.1 Å². The van der Waals surface area contributed by atoms with Gasteiger partial charge in [-0.25, -0.2) is 0 Å². The fourth-order valence-electron chi connectivity index (χ4n) is 3.83. The summed E-state index contributed by atoms with van der Waals surface area (Å²) in [5.74, 6) is 0.0328. The van der Waals surface area contributed by atoms with Crippen LogP contribution in [0.1, 0.15) is 28.9 Å². The third kappa shape index (κ3) is 4.46. The molecule has 0 saturated carbocycles. The van der Waals surface area contributed by atoms with Crippen molar-refractivity contribution in [3.8, 4) is 0 Å². The molecule has 0 radical (unpaired) electrons. The number of aromatic nitrogens is 2. The highest BCUT2D eigenvalue weighted by Gasteiger charge is 2.21. The Labute approximate surface area is 173 Å². The van der Waals surface area contributed by atoms with Crippen molar-refractivity contribution in [1.82, 2.24) is 20.2 Å². The lowest BCUT2D eigenvalue weighted by Gasteiger charge is -2.31. The van der Waals surface area contributed by atoms with Gasteiger partial charge in [-0.15, -0.1) is 0 Å². The molecule has 1 saturated heterocycles. The summed E-state index contributed by atoms with van der Waals surface area (Å²) in [5.41, 5.74) is 7.39. The number of amides is 1. The lowest BCUT2D eigenvalue weighted by Crippen LogP contribution is -2.39. The third-order valence-electron chi connectivity index (χ3n) is 5.50. The molecule has 152 valence electrons. The second-order valence-electron chi connectivity index (χ2n) is 7.59. The standard InChI is InChI=1S/C21H24ClN5O2/c22-17-10-16(21(29)26-19(17)23)20(28)24-11-13-5-7-27(8-6-13)12-15-9-14-3-1-2-4-18(14)25-15/h1-4,9-10,13,25H,5-8,11-12H2,(H,24,28)(H3,23,26,29). The molecule has 1 aromatic carbocycles. The molecule has 1 amide bonds. The second kappa shape index (κ2) is 8.31. The normalized spacial score (nSPS) is 15.6. The number of anilines is 1. The van der Waals surface area contributed by atoms with Crippen LogP contribution in [0, 0.1) is 5.92 Å². The highest BCUT2D eigenvalue weighted by Crippen LogP contribution is 2.21. The summed E-state index contributed by atoms with van der Waals surface area (Å²) in [7, 11) is 0. The van der Waals surface area contributed by atoms with Gasteiger partial charge in [-0.05, 0) is 55.4 Å². The number of hydrogen-bond donors (Lipinski definition) is 4. The topological polar surface area (TPSA) is 107 Å². The number of nitrogens with two attached hydrogens (primary N) is 1. The number of pyridine rings is 1. The number of hydrogen-bond acceptors (Lipinski definition) is 4. The number of nitrogens with one attached hydrogen (secondary N) is 3. The average Bonchev–Trinajstić information content (AvgIpc) is 3.12. The van der Waals surface area contributed by atoms with Crippen LogP contribution in [0.3, 0.4) is 0 Å². The maximum Gasteiger partial charge on any atom is 0.262 e. The van der Waals surface area contributed by atoms with Crippen molar-refractivity contribution in [1.29, 1.82) is 0 Å². The highest BCUT2D eigenvalue weighted by molar-refractivity contribution is 6.33. The molecule has 0 aliphatic carbocycles. The van der Waals surface area contributed by atoms with Crippen LogP contribution in [0.2, 0.25) is 5.02 Å². The maximum atomic E-state index is 12.3. The second-order valence-corrected chi connectivity index (χ2v) is 7.99. The van der Waals surface area contributed by atoms with E-state index in [0.717, 1.165) is 38.0 Å². The molecule has 1 fully saturated rings. The number of benzene rings is 1. The number of carbonyl (C=O) groups excluding carboxylic acids is 1. The fraction of sp³-hybridized carbons (Fsp3) is 0.333. The first-order valence-corrected chi connectivity index (χ1v) is 10.1. The molecule has 7 nitrogen and oxygen atoms in total. The molecule has 0 spiro atoms. The molecular weight excluding hydrogens is 390 g/mol. The van der Waals surface area contributed by atoms with Gasteiger partial charge in [-0.3, -0.25) is 14.5 Å². The van der Waals surface area contributed by atoms with Crippen LogP contribution in [0.5, 0.6) is 0 Å². The van der Waals surface area contributed by atoms with Gasteiger partial charge in [0.25, 0.3) is 11.5 Å². The minimum absolute atomic E-state index is 0.0135. The number of carbonyl (C=O) groups is 1. The summed E-state index contributed by atoms with van der Waals surface area (Å²) in [6, 6.07) is 11.8. The minimum atomic E-state index is -0.530. The summed E-state index contributed by atoms with van der Waals surface area (Å²) < 4.78 is 0. The molecule has 1 aliphatic rings. The van der Waals surface area contributed by atoms with Gasteiger partial charge < -0.3 is 21.0 Å². The average molecular weight is 414 g/mol. The number of para-hydroxylation sites is 1. The maximum absolute atomic E-state index is 12.3. The lowest BCUT2D eigenvalue weighted by molar-refractivity contribution is 0.0933. The molecule has 0 unspecified atom stereocenters. The van der Waals surface area contributed by atoms with E-state index in [0.29, 0.717) is 12.5 Å². The van der Waals surface area contributed by atoms with E-state index < -0.39 is 11.5 Å². The molecule has 3 heterocycles. The molecule has 4 rings (SSSR count). The van der Waals surface area contributed by atoms with Crippen LogP contribution in [0.4, 0.5) is 5.82 Å². The molecular formula is C21H24ClN5O2. The quantitative estimate of drug-likeness (QED) is 0.515. The minimum Gasteiger partial charge on any atom is -0.384 e. The van der Waals surface area contributed by atoms with Crippen molar-refractivity contribution in [3.05, 3.63) is 63.0 Å². The lowest BCUT2D eigenvalue weighted by atomic mass is 9.96. The number of halogens is 1. The van der Waals surface area contributed by atoms with Gasteiger partial charge in [0.2, 0.25) is 0 Å². The molecule has 5 N–H and O–H groups in total. The van der Waals surface area contributed by atoms with Gasteiger partial charge >= 0.3 is 0 Å². The van der Waals surface area contributed by atoms with Gasteiger partial charge in [0.15, 0.2) is 0 Å². The van der Waals surface area contributed by atoms with Gasteiger partial charge in [0, 0.05) is 24.3 Å². The predicted octanol–water partition coefficient (Wildman–Crippen LogP) is 2.73. The van der Waals surface area contributed by atoms with Gasteiger partial charge in [0.1, 0.15) is 11.4 Å². The van der Waals surface area contributed by atoms with E-state index in [1.165, 1.54) is 17.1 Å². The zero-order chi connectivity index (χ0) is 20.4. The zero-order valence-corrected chi connectivity index (χ0v) is 16.8. The van der Waals surface area contributed by atoms with Crippen LogP contribution in [-0.2, 0) is 6.54 Å². The number of aromatic amines is 2. The smallest absolute Gasteiger partial charge is 0.262 e. The van der Waals surface area contributed by atoms with Crippen molar-refractivity contribution in [3.63, 3.8) is 0 Å². The Morgan fingerprint density at radius 1 is 1.21 bits per heavy atom. The van der Waals surface area contributed by atoms with E-state index in [2.05, 4.69) is 38.4 Å². The van der Waals surface area contributed by atoms with Crippen LogP contribution in [-0.4, -0.2) is 40.4 Å². The molecule has 3 aromatic rings. The monoisotopic (exact) mass is 413 g/mol. The molecule has 2 aromatic heterocycles. The van der Waals surface area contributed by atoms with Crippen molar-refractivity contribution >= 4 is 34.2 Å². The Morgan fingerprint density at radius 2 is 1.97 bits per heavy atom. The first-order valence-electron chi connectivity index (χ1n) is 9.75. The number of nitrogen functional groups attached to an aromatic ring is 1. The van der Waals surface area contributed by atoms with Crippen molar-refractivity contribution in [2.75, 3.05) is 25.4 Å². The van der Waals surface area contributed by atoms with Crippen molar-refractivity contribution < 1.29 is 4.79 Å². The van der Waals surface area contributed by atoms with Gasteiger partial charge in [-0.2, -0.15) is 0 Å². The van der Waals surface area contributed by atoms with Crippen molar-refractivity contribution in [2.24, 2.45) is 5.92 Å². The number of rotatable bonds is 5.